The van der Waals surface area contributed by atoms with E-state index in [-0.39, 0.29) is 0 Å². The highest BCUT2D eigenvalue weighted by Crippen LogP contribution is 2.19. The van der Waals surface area contributed by atoms with E-state index >= 15 is 0 Å². The molecule has 17 heavy (non-hydrogen) atoms. The molecule has 3 unspecified atom stereocenters. The van der Waals surface area contributed by atoms with E-state index in [1.807, 2.05) is 0 Å². The first kappa shape index (κ1) is 14.9. The first-order chi connectivity index (χ1) is 8.16. The van der Waals surface area contributed by atoms with Crippen LogP contribution in [0.3, 0.4) is 0 Å². The van der Waals surface area contributed by atoms with Crippen molar-refractivity contribution in [3.05, 3.63) is 0 Å². The molecule has 1 heterocycles. The first-order valence-electron chi connectivity index (χ1n) is 6.70. The van der Waals surface area contributed by atoms with Gasteiger partial charge < -0.3 is 14.8 Å². The van der Waals surface area contributed by atoms with Gasteiger partial charge in [-0.05, 0) is 40.3 Å². The van der Waals surface area contributed by atoms with Gasteiger partial charge in [0.15, 0.2) is 0 Å². The Bertz CT molecular complexity index is 202. The van der Waals surface area contributed by atoms with E-state index in [2.05, 4.69) is 31.1 Å². The fraction of sp³-hybridized carbons (Fsp3) is 1.00. The molecule has 0 aromatic carbocycles. The van der Waals surface area contributed by atoms with Gasteiger partial charge in [0.25, 0.3) is 0 Å². The van der Waals surface area contributed by atoms with Gasteiger partial charge in [0, 0.05) is 39.0 Å². The Hall–Kier alpha value is -0.160. The maximum atomic E-state index is 5.62. The van der Waals surface area contributed by atoms with E-state index in [1.54, 1.807) is 7.11 Å². The van der Waals surface area contributed by atoms with Crippen LogP contribution in [0, 0.1) is 0 Å². The smallest absolute Gasteiger partial charge is 0.0703 e. The summed E-state index contributed by atoms with van der Waals surface area (Å²) < 4.78 is 10.6. The topological polar surface area (TPSA) is 33.7 Å². The Balaban J connectivity index is 2.15. The molecule has 1 aliphatic rings. The third kappa shape index (κ3) is 4.92. The van der Waals surface area contributed by atoms with E-state index in [9.17, 15) is 0 Å². The molecule has 1 rings (SSSR count). The molecule has 0 radical (unpaired) electrons. The van der Waals surface area contributed by atoms with Crippen LogP contribution in [-0.2, 0) is 9.47 Å². The fourth-order valence-corrected chi connectivity index (χ4v) is 2.38. The fourth-order valence-electron chi connectivity index (χ4n) is 2.38. The molecule has 1 aliphatic heterocycles. The predicted molar refractivity (Wildman–Crippen MR) is 70.4 cm³/mol. The molecule has 0 aromatic heterocycles. The molecule has 1 saturated heterocycles. The van der Waals surface area contributed by atoms with Gasteiger partial charge in [0.05, 0.1) is 6.10 Å². The van der Waals surface area contributed by atoms with Gasteiger partial charge in [-0.3, -0.25) is 4.90 Å². The van der Waals surface area contributed by atoms with Crippen LogP contribution in [0.4, 0.5) is 0 Å². The molecule has 0 saturated carbocycles. The number of hydrogen-bond acceptors (Lipinski definition) is 4. The van der Waals surface area contributed by atoms with Crippen molar-refractivity contribution in [3.63, 3.8) is 0 Å². The lowest BCUT2D eigenvalue weighted by molar-refractivity contribution is 0.0703. The van der Waals surface area contributed by atoms with Crippen LogP contribution < -0.4 is 5.32 Å². The van der Waals surface area contributed by atoms with Crippen molar-refractivity contribution >= 4 is 0 Å². The summed E-state index contributed by atoms with van der Waals surface area (Å²) in [5.41, 5.74) is 0. The van der Waals surface area contributed by atoms with E-state index in [4.69, 9.17) is 9.47 Å². The van der Waals surface area contributed by atoms with Crippen molar-refractivity contribution in [2.75, 3.05) is 40.5 Å². The second-order valence-corrected chi connectivity index (χ2v) is 5.00. The largest absolute Gasteiger partial charge is 0.385 e. The number of likely N-dealkylation sites (N-methyl/N-ethyl adjacent to an activating group) is 1. The summed E-state index contributed by atoms with van der Waals surface area (Å²) in [7, 11) is 3.95. The molecular formula is C13H28N2O2. The standard InChI is InChI=1S/C13H28N2O2/c1-11(10-14-7-5-8-16-4)15(3)13-6-9-17-12(13)2/h11-14H,5-10H2,1-4H3. The summed E-state index contributed by atoms with van der Waals surface area (Å²) in [6.45, 7) is 8.25. The van der Waals surface area contributed by atoms with Crippen molar-refractivity contribution < 1.29 is 9.47 Å². The maximum Gasteiger partial charge on any atom is 0.0703 e. The zero-order valence-electron chi connectivity index (χ0n) is 11.7. The van der Waals surface area contributed by atoms with Crippen molar-refractivity contribution in [1.29, 1.82) is 0 Å². The molecule has 0 bridgehead atoms. The Kier molecular flexibility index (Phi) is 7.04. The van der Waals surface area contributed by atoms with Gasteiger partial charge in [-0.15, -0.1) is 0 Å². The SMILES string of the molecule is COCCCNCC(C)N(C)C1CCOC1C. The lowest BCUT2D eigenvalue weighted by Gasteiger charge is -2.32. The third-order valence-corrected chi connectivity index (χ3v) is 3.70. The second-order valence-electron chi connectivity index (χ2n) is 5.00. The van der Waals surface area contributed by atoms with Crippen LogP contribution >= 0.6 is 0 Å². The lowest BCUT2D eigenvalue weighted by Crippen LogP contribution is -2.46. The van der Waals surface area contributed by atoms with Crippen LogP contribution in [0.25, 0.3) is 0 Å². The van der Waals surface area contributed by atoms with Crippen LogP contribution in [-0.4, -0.2) is 63.5 Å². The summed E-state index contributed by atoms with van der Waals surface area (Å²) in [5, 5.41) is 3.48. The molecule has 4 heteroatoms. The summed E-state index contributed by atoms with van der Waals surface area (Å²) in [6, 6.07) is 1.12. The Morgan fingerprint density at radius 3 is 2.88 bits per heavy atom. The summed E-state index contributed by atoms with van der Waals surface area (Å²) in [4.78, 5) is 2.45. The van der Waals surface area contributed by atoms with Crippen LogP contribution in [0.2, 0.25) is 0 Å². The minimum atomic E-state index is 0.371. The number of nitrogens with one attached hydrogen (secondary N) is 1. The average Bonchev–Trinajstić information content (AvgIpc) is 2.74. The number of ether oxygens (including phenoxy) is 2. The van der Waals surface area contributed by atoms with Gasteiger partial charge in [0.2, 0.25) is 0 Å². The first-order valence-corrected chi connectivity index (χ1v) is 6.70. The van der Waals surface area contributed by atoms with Gasteiger partial charge >= 0.3 is 0 Å². The normalized spacial score (nSPS) is 26.6. The Labute approximate surface area is 106 Å². The quantitative estimate of drug-likeness (QED) is 0.649. The van der Waals surface area contributed by atoms with Crippen LogP contribution in [0.5, 0.6) is 0 Å². The van der Waals surface area contributed by atoms with Gasteiger partial charge in [0.1, 0.15) is 0 Å². The minimum absolute atomic E-state index is 0.371. The summed E-state index contributed by atoms with van der Waals surface area (Å²) in [6.07, 6.45) is 2.61. The second kappa shape index (κ2) is 8.03. The molecule has 1 N–H and O–H groups in total. The number of nitrogens with zero attached hydrogens (tertiary/aromatic N) is 1. The highest BCUT2D eigenvalue weighted by Gasteiger charge is 2.29. The number of rotatable bonds is 8. The van der Waals surface area contributed by atoms with Gasteiger partial charge in [-0.2, -0.15) is 0 Å². The van der Waals surface area contributed by atoms with Crippen molar-refractivity contribution in [2.45, 2.75) is 44.9 Å². The van der Waals surface area contributed by atoms with Gasteiger partial charge in [-0.25, -0.2) is 0 Å². The van der Waals surface area contributed by atoms with E-state index < -0.39 is 0 Å². The lowest BCUT2D eigenvalue weighted by atomic mass is 10.1. The zero-order valence-corrected chi connectivity index (χ0v) is 11.7. The average molecular weight is 244 g/mol. The number of hydrogen-bond donors (Lipinski definition) is 1. The van der Waals surface area contributed by atoms with E-state index in [0.29, 0.717) is 18.2 Å². The third-order valence-electron chi connectivity index (χ3n) is 3.70. The van der Waals surface area contributed by atoms with Gasteiger partial charge in [-0.1, -0.05) is 0 Å². The minimum Gasteiger partial charge on any atom is -0.385 e. The van der Waals surface area contributed by atoms with Crippen molar-refractivity contribution in [1.82, 2.24) is 10.2 Å². The van der Waals surface area contributed by atoms with Crippen LogP contribution in [0.15, 0.2) is 0 Å². The molecule has 0 aromatic rings. The molecule has 1 fully saturated rings. The molecule has 3 atom stereocenters. The predicted octanol–water partition coefficient (Wildman–Crippen LogP) is 1.11. The summed E-state index contributed by atoms with van der Waals surface area (Å²) >= 11 is 0. The van der Waals surface area contributed by atoms with Crippen molar-refractivity contribution in [3.8, 4) is 0 Å². The Morgan fingerprint density at radius 2 is 2.29 bits per heavy atom. The highest BCUT2D eigenvalue weighted by molar-refractivity contribution is 4.83. The maximum absolute atomic E-state index is 5.62. The zero-order chi connectivity index (χ0) is 12.7. The Morgan fingerprint density at radius 1 is 1.53 bits per heavy atom. The van der Waals surface area contributed by atoms with Crippen molar-refractivity contribution in [2.24, 2.45) is 0 Å². The molecule has 0 aliphatic carbocycles. The van der Waals surface area contributed by atoms with E-state index in [1.165, 1.54) is 0 Å². The van der Waals surface area contributed by atoms with E-state index in [0.717, 1.165) is 39.1 Å². The molecule has 0 amide bonds. The highest BCUT2D eigenvalue weighted by atomic mass is 16.5. The van der Waals surface area contributed by atoms with Crippen LogP contribution in [0.1, 0.15) is 26.7 Å². The molecule has 102 valence electrons. The number of methoxy groups -OCH3 is 1. The molecule has 0 spiro atoms. The summed E-state index contributed by atoms with van der Waals surface area (Å²) in [5.74, 6) is 0. The molecule has 4 nitrogen and oxygen atoms in total. The molecular weight excluding hydrogens is 216 g/mol. The monoisotopic (exact) mass is 244 g/mol.